The van der Waals surface area contributed by atoms with E-state index in [0.29, 0.717) is 6.54 Å². The summed E-state index contributed by atoms with van der Waals surface area (Å²) in [5.41, 5.74) is 1.79. The highest BCUT2D eigenvalue weighted by molar-refractivity contribution is 5.92. The summed E-state index contributed by atoms with van der Waals surface area (Å²) in [4.78, 5) is 42.6. The fraction of sp³-hybridized carbons (Fsp3) is 0.516. The largest absolute Gasteiger partial charge is 0.508 e. The molecular weight excluding hydrogens is 494 g/mol. The van der Waals surface area contributed by atoms with E-state index >= 15 is 0 Å². The van der Waals surface area contributed by atoms with Crippen LogP contribution in [0.5, 0.6) is 5.75 Å². The van der Waals surface area contributed by atoms with Gasteiger partial charge in [-0.15, -0.1) is 0 Å². The van der Waals surface area contributed by atoms with Crippen molar-refractivity contribution in [1.82, 2.24) is 15.5 Å². The maximum Gasteiger partial charge on any atom is 0.408 e. The first-order valence-corrected chi connectivity index (χ1v) is 13.8. The summed E-state index contributed by atoms with van der Waals surface area (Å²) in [6.07, 6.45) is 2.02. The molecule has 2 aromatic rings. The lowest BCUT2D eigenvalue weighted by Gasteiger charge is -2.35. The predicted molar refractivity (Wildman–Crippen MR) is 151 cm³/mol. The van der Waals surface area contributed by atoms with E-state index in [4.69, 9.17) is 4.74 Å². The van der Waals surface area contributed by atoms with Crippen molar-refractivity contribution in [3.63, 3.8) is 0 Å². The molecule has 0 aliphatic heterocycles. The minimum Gasteiger partial charge on any atom is -0.508 e. The number of hydrogen-bond acceptors (Lipinski definition) is 5. The van der Waals surface area contributed by atoms with Crippen LogP contribution < -0.4 is 10.6 Å². The number of alkyl carbamates (subject to hydrolysis) is 1. The molecule has 8 heteroatoms. The SMILES string of the molecule is CCCCNC(=O)C(c1ccc(C)cc1)N(C(=O)C(Cc1ccc(O)cc1)NC(=O)OC(C)(C)C)C1CC1C. The second kappa shape index (κ2) is 13.0. The van der Waals surface area contributed by atoms with Gasteiger partial charge in [0.2, 0.25) is 11.8 Å². The molecule has 3 N–H and O–H groups in total. The van der Waals surface area contributed by atoms with Gasteiger partial charge in [0, 0.05) is 19.0 Å². The fourth-order valence-corrected chi connectivity index (χ4v) is 4.54. The van der Waals surface area contributed by atoms with Crippen LogP contribution in [0.4, 0.5) is 4.79 Å². The summed E-state index contributed by atoms with van der Waals surface area (Å²) >= 11 is 0. The molecule has 212 valence electrons. The number of nitrogens with zero attached hydrogens (tertiary/aromatic N) is 1. The molecule has 1 fully saturated rings. The van der Waals surface area contributed by atoms with E-state index in [0.717, 1.165) is 36.0 Å². The van der Waals surface area contributed by atoms with E-state index in [1.54, 1.807) is 49.9 Å². The number of carbonyl (C=O) groups is 3. The van der Waals surface area contributed by atoms with E-state index in [2.05, 4.69) is 24.5 Å². The zero-order valence-corrected chi connectivity index (χ0v) is 24.0. The molecule has 0 aromatic heterocycles. The highest BCUT2D eigenvalue weighted by Gasteiger charge is 2.48. The molecule has 39 heavy (non-hydrogen) atoms. The number of carbonyl (C=O) groups excluding carboxylic acids is 3. The van der Waals surface area contributed by atoms with E-state index in [9.17, 15) is 19.5 Å². The Kier molecular flexibility index (Phi) is 10.0. The molecule has 0 radical (unpaired) electrons. The number of phenolic OH excluding ortho intramolecular Hbond substituents is 1. The maximum atomic E-state index is 14.4. The van der Waals surface area contributed by atoms with Gasteiger partial charge in [0.05, 0.1) is 0 Å². The summed E-state index contributed by atoms with van der Waals surface area (Å²) < 4.78 is 5.48. The van der Waals surface area contributed by atoms with Crippen LogP contribution in [-0.2, 0) is 20.7 Å². The van der Waals surface area contributed by atoms with Crippen LogP contribution in [0.3, 0.4) is 0 Å². The number of ether oxygens (including phenoxy) is 1. The van der Waals surface area contributed by atoms with Crippen LogP contribution >= 0.6 is 0 Å². The predicted octanol–water partition coefficient (Wildman–Crippen LogP) is 5.03. The summed E-state index contributed by atoms with van der Waals surface area (Å²) in [6.45, 7) is 11.9. The molecule has 1 saturated carbocycles. The zero-order chi connectivity index (χ0) is 28.7. The third-order valence-corrected chi connectivity index (χ3v) is 6.79. The molecule has 4 atom stereocenters. The molecule has 0 saturated heterocycles. The first kappa shape index (κ1) is 30.0. The number of unbranched alkanes of at least 4 members (excludes halogenated alkanes) is 1. The quantitative estimate of drug-likeness (QED) is 0.349. The van der Waals surface area contributed by atoms with Crippen molar-refractivity contribution in [3.8, 4) is 5.75 Å². The van der Waals surface area contributed by atoms with Crippen LogP contribution in [0.2, 0.25) is 0 Å². The second-order valence-corrected chi connectivity index (χ2v) is 11.6. The summed E-state index contributed by atoms with van der Waals surface area (Å²) in [5.74, 6) is -0.251. The van der Waals surface area contributed by atoms with E-state index < -0.39 is 23.8 Å². The Balaban J connectivity index is 2.00. The maximum absolute atomic E-state index is 14.4. The highest BCUT2D eigenvalue weighted by atomic mass is 16.6. The number of amides is 3. The lowest BCUT2D eigenvalue weighted by atomic mass is 9.99. The average Bonchev–Trinajstić information content (AvgIpc) is 3.58. The monoisotopic (exact) mass is 537 g/mol. The van der Waals surface area contributed by atoms with Crippen LogP contribution in [-0.4, -0.2) is 52.1 Å². The van der Waals surface area contributed by atoms with Crippen LogP contribution in [0.15, 0.2) is 48.5 Å². The Morgan fingerprint density at radius 1 is 1.08 bits per heavy atom. The van der Waals surface area contributed by atoms with Crippen LogP contribution in [0, 0.1) is 12.8 Å². The fourth-order valence-electron chi connectivity index (χ4n) is 4.54. The third kappa shape index (κ3) is 8.73. The topological polar surface area (TPSA) is 108 Å². The standard InChI is InChI=1S/C31H43N3O5/c1-7-8-17-32-28(36)27(23-13-9-20(2)10-14-23)34(26-18-21(26)3)29(37)25(33-30(38)39-31(4,5)6)19-22-11-15-24(35)16-12-22/h9-16,21,25-27,35H,7-8,17-19H2,1-6H3,(H,32,36)(H,33,38). The lowest BCUT2D eigenvalue weighted by Crippen LogP contribution is -2.54. The van der Waals surface area contributed by atoms with E-state index in [1.807, 2.05) is 31.2 Å². The molecular formula is C31H43N3O5. The van der Waals surface area contributed by atoms with Crippen molar-refractivity contribution in [2.75, 3.05) is 6.54 Å². The second-order valence-electron chi connectivity index (χ2n) is 11.6. The number of aryl methyl sites for hydroxylation is 1. The number of rotatable bonds is 11. The van der Waals surface area contributed by atoms with Gasteiger partial charge in [0.15, 0.2) is 0 Å². The number of nitrogens with one attached hydrogen (secondary N) is 2. The molecule has 0 spiro atoms. The molecule has 1 aliphatic rings. The molecule has 2 aromatic carbocycles. The Labute approximate surface area is 232 Å². The lowest BCUT2D eigenvalue weighted by molar-refractivity contribution is -0.143. The Hall–Kier alpha value is -3.55. The summed E-state index contributed by atoms with van der Waals surface area (Å²) in [7, 11) is 0. The zero-order valence-electron chi connectivity index (χ0n) is 24.0. The van der Waals surface area contributed by atoms with Gasteiger partial charge in [0.25, 0.3) is 0 Å². The number of benzene rings is 2. The number of aromatic hydroxyl groups is 1. The van der Waals surface area contributed by atoms with Gasteiger partial charge in [-0.3, -0.25) is 9.59 Å². The molecule has 1 aliphatic carbocycles. The molecule has 3 rings (SSSR count). The van der Waals surface area contributed by atoms with Crippen LogP contribution in [0.25, 0.3) is 0 Å². The van der Waals surface area contributed by atoms with Gasteiger partial charge in [-0.05, 0) is 69.7 Å². The minimum absolute atomic E-state index is 0.110. The van der Waals surface area contributed by atoms with Gasteiger partial charge in [-0.1, -0.05) is 62.2 Å². The van der Waals surface area contributed by atoms with Crippen molar-refractivity contribution in [2.24, 2.45) is 5.92 Å². The van der Waals surface area contributed by atoms with Crippen LogP contribution in [0.1, 0.15) is 76.6 Å². The average molecular weight is 538 g/mol. The van der Waals surface area contributed by atoms with Gasteiger partial charge in [0.1, 0.15) is 23.4 Å². The van der Waals surface area contributed by atoms with Crippen molar-refractivity contribution in [2.45, 2.75) is 91.0 Å². The molecule has 4 unspecified atom stereocenters. The van der Waals surface area contributed by atoms with E-state index in [1.165, 1.54) is 0 Å². The first-order chi connectivity index (χ1) is 18.4. The van der Waals surface area contributed by atoms with Crippen molar-refractivity contribution >= 4 is 17.9 Å². The van der Waals surface area contributed by atoms with Crippen molar-refractivity contribution < 1.29 is 24.2 Å². The molecule has 3 amide bonds. The molecule has 0 bridgehead atoms. The molecule has 0 heterocycles. The van der Waals surface area contributed by atoms with E-state index in [-0.39, 0.29) is 35.9 Å². The smallest absolute Gasteiger partial charge is 0.408 e. The molecule has 8 nitrogen and oxygen atoms in total. The van der Waals surface area contributed by atoms with Gasteiger partial charge in [-0.25, -0.2) is 4.79 Å². The minimum atomic E-state index is -0.978. The summed E-state index contributed by atoms with van der Waals surface area (Å²) in [5, 5.41) is 15.5. The Bertz CT molecular complexity index is 1120. The van der Waals surface area contributed by atoms with Gasteiger partial charge in [-0.2, -0.15) is 0 Å². The van der Waals surface area contributed by atoms with Crippen molar-refractivity contribution in [1.29, 1.82) is 0 Å². The van der Waals surface area contributed by atoms with Crippen molar-refractivity contribution in [3.05, 3.63) is 65.2 Å². The number of hydrogen-bond donors (Lipinski definition) is 3. The van der Waals surface area contributed by atoms with Gasteiger partial charge < -0.3 is 25.4 Å². The Morgan fingerprint density at radius 2 is 1.69 bits per heavy atom. The summed E-state index contributed by atoms with van der Waals surface area (Å²) in [6, 6.07) is 12.2. The highest BCUT2D eigenvalue weighted by Crippen LogP contribution is 2.41. The normalized spacial score (nSPS) is 18.0. The third-order valence-electron chi connectivity index (χ3n) is 6.79. The first-order valence-electron chi connectivity index (χ1n) is 13.8. The number of phenols is 1. The Morgan fingerprint density at radius 3 is 2.23 bits per heavy atom. The van der Waals surface area contributed by atoms with Gasteiger partial charge >= 0.3 is 6.09 Å².